The molecule has 4 aromatic rings. The van der Waals surface area contributed by atoms with Gasteiger partial charge in [0.1, 0.15) is 23.5 Å². The average molecular weight is 499 g/mol. The number of nitrogens with zero attached hydrogens (tertiary/aromatic N) is 3. The fraction of sp³-hybridized carbons (Fsp3) is 0.207. The second-order valence-electron chi connectivity index (χ2n) is 9.14. The highest BCUT2D eigenvalue weighted by Gasteiger charge is 2.31. The van der Waals surface area contributed by atoms with E-state index in [0.29, 0.717) is 34.6 Å². The Hall–Kier alpha value is -4.35. The van der Waals surface area contributed by atoms with Crippen LogP contribution in [-0.2, 0) is 0 Å². The van der Waals surface area contributed by atoms with Gasteiger partial charge in [0.15, 0.2) is 0 Å². The molecular weight excluding hydrogens is 474 g/mol. The Kier molecular flexibility index (Phi) is 6.55. The summed E-state index contributed by atoms with van der Waals surface area (Å²) in [6, 6.07) is 16.9. The molecule has 6 nitrogen and oxygen atoms in total. The van der Waals surface area contributed by atoms with E-state index in [1.165, 1.54) is 30.5 Å². The first kappa shape index (κ1) is 24.3. The van der Waals surface area contributed by atoms with Crippen molar-refractivity contribution in [1.29, 1.82) is 5.26 Å². The van der Waals surface area contributed by atoms with Crippen molar-refractivity contribution in [1.82, 2.24) is 9.88 Å². The van der Waals surface area contributed by atoms with Crippen molar-refractivity contribution >= 4 is 5.91 Å². The smallest absolute Gasteiger partial charge is 0.254 e. The lowest BCUT2D eigenvalue weighted by atomic mass is 9.95. The van der Waals surface area contributed by atoms with Crippen LogP contribution in [-0.4, -0.2) is 22.3 Å². The summed E-state index contributed by atoms with van der Waals surface area (Å²) in [5.74, 6) is -0.479. The van der Waals surface area contributed by atoms with E-state index in [2.05, 4.69) is 4.98 Å². The third-order valence-electron chi connectivity index (χ3n) is 6.60. The van der Waals surface area contributed by atoms with Crippen molar-refractivity contribution in [2.45, 2.75) is 31.8 Å². The third-order valence-corrected chi connectivity index (χ3v) is 6.60. The summed E-state index contributed by atoms with van der Waals surface area (Å²) in [5.41, 5.74) is 8.34. The molecule has 0 spiro atoms. The zero-order chi connectivity index (χ0) is 26.1. The first-order chi connectivity index (χ1) is 17.9. The summed E-state index contributed by atoms with van der Waals surface area (Å²) < 4.78 is 33.8. The molecule has 1 aliphatic rings. The average Bonchev–Trinajstić information content (AvgIpc) is 3.59. The number of hydrogen-bond acceptors (Lipinski definition) is 5. The number of halogens is 2. The number of oxazole rings is 1. The van der Waals surface area contributed by atoms with Crippen molar-refractivity contribution in [3.63, 3.8) is 0 Å². The Morgan fingerprint density at radius 1 is 1.16 bits per heavy atom. The molecule has 2 heterocycles. The van der Waals surface area contributed by atoms with Crippen LogP contribution in [0.25, 0.3) is 22.6 Å². The van der Waals surface area contributed by atoms with Gasteiger partial charge in [0.05, 0.1) is 23.8 Å². The number of hydrogen-bond donors (Lipinski definition) is 1. The van der Waals surface area contributed by atoms with Crippen LogP contribution in [0, 0.1) is 23.0 Å². The molecule has 1 fully saturated rings. The molecule has 2 N–H and O–H groups in total. The third kappa shape index (κ3) is 4.74. The quantitative estimate of drug-likeness (QED) is 0.356. The fourth-order valence-electron chi connectivity index (χ4n) is 4.75. The summed E-state index contributed by atoms with van der Waals surface area (Å²) in [6.45, 7) is 2.31. The molecule has 0 radical (unpaired) electrons. The molecule has 1 aromatic heterocycles. The maximum absolute atomic E-state index is 14.5. The topological polar surface area (TPSA) is 96.1 Å². The molecule has 1 aliphatic heterocycles. The van der Waals surface area contributed by atoms with Crippen LogP contribution in [0.15, 0.2) is 71.3 Å². The molecular formula is C29H24F2N4O2. The second-order valence-corrected chi connectivity index (χ2v) is 9.14. The fourth-order valence-corrected chi connectivity index (χ4v) is 4.75. The lowest BCUT2D eigenvalue weighted by Gasteiger charge is -2.25. The minimum atomic E-state index is -0.649. The van der Waals surface area contributed by atoms with Crippen molar-refractivity contribution in [3.05, 3.63) is 101 Å². The largest absolute Gasteiger partial charge is 0.440 e. The van der Waals surface area contributed by atoms with Gasteiger partial charge in [-0.05, 0) is 67.3 Å². The lowest BCUT2D eigenvalue weighted by molar-refractivity contribution is 0.0735. The van der Waals surface area contributed by atoms with Gasteiger partial charge in [-0.1, -0.05) is 24.3 Å². The summed E-state index contributed by atoms with van der Waals surface area (Å²) in [4.78, 5) is 19.9. The van der Waals surface area contributed by atoms with Gasteiger partial charge < -0.3 is 15.1 Å². The zero-order valence-corrected chi connectivity index (χ0v) is 20.1. The van der Waals surface area contributed by atoms with E-state index in [4.69, 9.17) is 10.2 Å². The van der Waals surface area contributed by atoms with Gasteiger partial charge >= 0.3 is 0 Å². The van der Waals surface area contributed by atoms with E-state index in [-0.39, 0.29) is 35.3 Å². The van der Waals surface area contributed by atoms with Gasteiger partial charge in [-0.3, -0.25) is 4.79 Å². The standard InChI is InChI=1S/C29H24F2N4O2/c1-17(33)27-16-34-28(37-27)20-12-19(23-4-2-5-25(31)24(23)15-32)13-21(14-20)29(36)35-11-3-6-26(35)18-7-9-22(30)10-8-18/h2,4-5,7-10,12-14,16-17,26H,3,6,11,33H2,1H3. The Morgan fingerprint density at radius 2 is 1.92 bits per heavy atom. The van der Waals surface area contributed by atoms with Crippen molar-refractivity contribution < 1.29 is 18.0 Å². The predicted octanol–water partition coefficient (Wildman–Crippen LogP) is 6.16. The summed E-state index contributed by atoms with van der Waals surface area (Å²) >= 11 is 0. The highest BCUT2D eigenvalue weighted by atomic mass is 19.1. The Balaban J connectivity index is 1.61. The molecule has 0 bridgehead atoms. The van der Waals surface area contributed by atoms with Crippen LogP contribution in [0.4, 0.5) is 8.78 Å². The van der Waals surface area contributed by atoms with Crippen LogP contribution in [0.2, 0.25) is 0 Å². The van der Waals surface area contributed by atoms with E-state index in [1.807, 2.05) is 6.07 Å². The number of carbonyl (C=O) groups is 1. The van der Waals surface area contributed by atoms with E-state index < -0.39 is 5.82 Å². The van der Waals surface area contributed by atoms with Crippen LogP contribution in [0.3, 0.4) is 0 Å². The Labute approximate surface area is 213 Å². The van der Waals surface area contributed by atoms with Crippen LogP contribution >= 0.6 is 0 Å². The molecule has 1 amide bonds. The van der Waals surface area contributed by atoms with Crippen LogP contribution in [0.1, 0.15) is 59.1 Å². The molecule has 1 saturated heterocycles. The first-order valence-corrected chi connectivity index (χ1v) is 12.0. The lowest BCUT2D eigenvalue weighted by Crippen LogP contribution is -2.30. The van der Waals surface area contributed by atoms with Gasteiger partial charge in [0.25, 0.3) is 5.91 Å². The summed E-state index contributed by atoms with van der Waals surface area (Å²) in [7, 11) is 0. The molecule has 3 aromatic carbocycles. The second kappa shape index (κ2) is 9.96. The summed E-state index contributed by atoms with van der Waals surface area (Å²) in [6.07, 6.45) is 3.09. The predicted molar refractivity (Wildman–Crippen MR) is 134 cm³/mol. The zero-order valence-electron chi connectivity index (χ0n) is 20.1. The SMILES string of the molecule is CC(N)c1cnc(-c2cc(C(=O)N3CCCC3c3ccc(F)cc3)cc(-c3cccc(F)c3C#N)c2)o1. The molecule has 2 atom stereocenters. The van der Waals surface area contributed by atoms with Crippen LogP contribution < -0.4 is 5.73 Å². The van der Waals surface area contributed by atoms with Gasteiger partial charge in [0, 0.05) is 23.2 Å². The van der Waals surface area contributed by atoms with E-state index in [9.17, 15) is 18.8 Å². The number of benzene rings is 3. The number of aromatic nitrogens is 1. The van der Waals surface area contributed by atoms with E-state index in [1.54, 1.807) is 48.2 Å². The Morgan fingerprint density at radius 3 is 2.62 bits per heavy atom. The van der Waals surface area contributed by atoms with Crippen molar-refractivity contribution in [2.75, 3.05) is 6.54 Å². The van der Waals surface area contributed by atoms with Gasteiger partial charge in [-0.2, -0.15) is 5.26 Å². The Bertz CT molecular complexity index is 1510. The van der Waals surface area contributed by atoms with E-state index in [0.717, 1.165) is 18.4 Å². The normalized spacial score (nSPS) is 16.0. The minimum absolute atomic E-state index is 0.118. The molecule has 0 saturated carbocycles. The minimum Gasteiger partial charge on any atom is -0.440 e. The van der Waals surface area contributed by atoms with Gasteiger partial charge in [0.2, 0.25) is 5.89 Å². The van der Waals surface area contributed by atoms with E-state index >= 15 is 0 Å². The van der Waals surface area contributed by atoms with Gasteiger partial charge in [-0.15, -0.1) is 0 Å². The molecule has 2 unspecified atom stereocenters. The van der Waals surface area contributed by atoms with Gasteiger partial charge in [-0.25, -0.2) is 13.8 Å². The van der Waals surface area contributed by atoms with Crippen molar-refractivity contribution in [2.24, 2.45) is 5.73 Å². The molecule has 37 heavy (non-hydrogen) atoms. The van der Waals surface area contributed by atoms with Crippen LogP contribution in [0.5, 0.6) is 0 Å². The molecule has 5 rings (SSSR count). The number of carbonyl (C=O) groups excluding carboxylic acids is 1. The molecule has 8 heteroatoms. The number of nitriles is 1. The number of nitrogens with two attached hydrogens (primary N) is 1. The maximum atomic E-state index is 14.5. The summed E-state index contributed by atoms with van der Waals surface area (Å²) in [5, 5.41) is 9.61. The van der Waals surface area contributed by atoms with Crippen molar-refractivity contribution in [3.8, 4) is 28.7 Å². The highest BCUT2D eigenvalue weighted by molar-refractivity contribution is 5.97. The highest BCUT2D eigenvalue weighted by Crippen LogP contribution is 2.36. The monoisotopic (exact) mass is 498 g/mol. The number of likely N-dealkylation sites (tertiary alicyclic amines) is 1. The number of rotatable bonds is 5. The molecule has 0 aliphatic carbocycles. The first-order valence-electron chi connectivity index (χ1n) is 12.0. The maximum Gasteiger partial charge on any atom is 0.254 e. The molecule has 186 valence electrons. The number of amides is 1.